The van der Waals surface area contributed by atoms with Crippen LogP contribution in [0.15, 0.2) is 35.1 Å². The number of hydrogen-bond acceptors (Lipinski definition) is 4. The van der Waals surface area contributed by atoms with Gasteiger partial charge in [-0.1, -0.05) is 59.6 Å². The highest BCUT2D eigenvalue weighted by atomic mass is 16.5. The molecule has 5 rings (SSSR count). The quantitative estimate of drug-likeness (QED) is 0.336. The van der Waals surface area contributed by atoms with Crippen molar-refractivity contribution in [1.82, 2.24) is 0 Å². The monoisotopic (exact) mass is 531 g/mol. The molecule has 3 fully saturated rings. The lowest BCUT2D eigenvalue weighted by Crippen LogP contribution is -2.59. The third kappa shape index (κ3) is 4.29. The SMILES string of the molecule is CCC/C=C(\CC12CCC3C(C(=O)C=C4C5(C)C=C(C#N)C(=O)C(C)C5CCC43C)C1CC(C)(C)CC2)OC. The fraction of sp³-hybridized carbons (Fsp3) is 0.743. The van der Waals surface area contributed by atoms with Crippen LogP contribution in [0.5, 0.6) is 0 Å². The number of carbonyl (C=O) groups excluding carboxylic acids is 2. The minimum absolute atomic E-state index is 0.0267. The Morgan fingerprint density at radius 1 is 1.08 bits per heavy atom. The second-order valence-electron chi connectivity index (χ2n) is 15.0. The van der Waals surface area contributed by atoms with E-state index in [0.29, 0.717) is 17.6 Å². The van der Waals surface area contributed by atoms with Gasteiger partial charge in [0.05, 0.1) is 18.4 Å². The lowest BCUT2D eigenvalue weighted by molar-refractivity contribution is -0.147. The van der Waals surface area contributed by atoms with Gasteiger partial charge in [-0.25, -0.2) is 0 Å². The van der Waals surface area contributed by atoms with Crippen molar-refractivity contribution in [3.05, 3.63) is 35.1 Å². The fourth-order valence-electron chi connectivity index (χ4n) is 10.2. The van der Waals surface area contributed by atoms with Crippen LogP contribution in [-0.4, -0.2) is 18.7 Å². The van der Waals surface area contributed by atoms with Crippen molar-refractivity contribution in [2.45, 2.75) is 106 Å². The standard InChI is InChI=1S/C35H49NO3/c1-8-9-10-24(39-7)19-35-14-12-26-30(27(35)20-32(3,4)15-16-35)28(37)17-29-33(26,5)13-11-25-22(2)31(38)23(21-36)18-34(25,29)6/h10,17-18,22,25-27,30H,8-9,11-16,19-20H2,1-7H3/b24-10+. The summed E-state index contributed by atoms with van der Waals surface area (Å²) in [5, 5.41) is 9.80. The Morgan fingerprint density at radius 2 is 1.79 bits per heavy atom. The average molecular weight is 532 g/mol. The normalized spacial score (nSPS) is 43.1. The molecule has 0 aromatic carbocycles. The van der Waals surface area contributed by atoms with E-state index in [4.69, 9.17) is 4.74 Å². The topological polar surface area (TPSA) is 67.2 Å². The number of nitriles is 1. The van der Waals surface area contributed by atoms with Crippen LogP contribution < -0.4 is 0 Å². The molecule has 0 aliphatic heterocycles. The van der Waals surface area contributed by atoms with Gasteiger partial charge in [0, 0.05) is 23.7 Å². The van der Waals surface area contributed by atoms with E-state index in [9.17, 15) is 14.9 Å². The summed E-state index contributed by atoms with van der Waals surface area (Å²) in [6.07, 6.45) is 17.0. The molecule has 5 aliphatic rings. The molecule has 5 aliphatic carbocycles. The zero-order valence-electron chi connectivity index (χ0n) is 25.4. The zero-order chi connectivity index (χ0) is 28.4. The molecule has 0 aromatic heterocycles. The number of ketones is 2. The van der Waals surface area contributed by atoms with E-state index in [-0.39, 0.29) is 45.4 Å². The summed E-state index contributed by atoms with van der Waals surface area (Å²) in [6, 6.07) is 2.19. The first kappa shape index (κ1) is 28.4. The third-order valence-electron chi connectivity index (χ3n) is 12.3. The second kappa shape index (κ2) is 9.74. The molecule has 3 saturated carbocycles. The number of hydrogen-bond donors (Lipinski definition) is 0. The van der Waals surface area contributed by atoms with E-state index >= 15 is 0 Å². The maximum absolute atomic E-state index is 14.4. The first-order valence-corrected chi connectivity index (χ1v) is 15.5. The molecular formula is C35H49NO3. The summed E-state index contributed by atoms with van der Waals surface area (Å²) < 4.78 is 5.94. The molecule has 212 valence electrons. The Balaban J connectivity index is 1.59. The summed E-state index contributed by atoms with van der Waals surface area (Å²) in [5.41, 5.74) is 1.32. The first-order chi connectivity index (χ1) is 18.4. The third-order valence-corrected chi connectivity index (χ3v) is 12.3. The number of ether oxygens (including phenoxy) is 1. The zero-order valence-corrected chi connectivity index (χ0v) is 25.4. The van der Waals surface area contributed by atoms with Crippen molar-refractivity contribution < 1.29 is 14.3 Å². The molecule has 0 aromatic rings. The molecule has 0 heterocycles. The molecule has 39 heavy (non-hydrogen) atoms. The molecular weight excluding hydrogens is 482 g/mol. The average Bonchev–Trinajstić information content (AvgIpc) is 2.89. The van der Waals surface area contributed by atoms with Crippen LogP contribution in [0.25, 0.3) is 0 Å². The second-order valence-corrected chi connectivity index (χ2v) is 15.0. The van der Waals surface area contributed by atoms with Crippen molar-refractivity contribution in [2.24, 2.45) is 51.2 Å². The largest absolute Gasteiger partial charge is 0.501 e. The Bertz CT molecular complexity index is 1180. The number of Topliss-reactive ketones (excluding diaryl/α,β-unsaturated/α-hetero) is 1. The number of fused-ring (bicyclic) bond motifs is 7. The van der Waals surface area contributed by atoms with E-state index in [1.54, 1.807) is 0 Å². The first-order valence-electron chi connectivity index (χ1n) is 15.5. The lowest BCUT2D eigenvalue weighted by Gasteiger charge is -2.64. The minimum atomic E-state index is -0.418. The van der Waals surface area contributed by atoms with Crippen LogP contribution in [0.4, 0.5) is 0 Å². The van der Waals surface area contributed by atoms with Gasteiger partial charge in [0.25, 0.3) is 0 Å². The van der Waals surface area contributed by atoms with E-state index in [1.165, 1.54) is 12.0 Å². The van der Waals surface area contributed by atoms with Crippen molar-refractivity contribution in [3.8, 4) is 6.07 Å². The van der Waals surface area contributed by atoms with Crippen LogP contribution in [0.2, 0.25) is 0 Å². The van der Waals surface area contributed by atoms with Gasteiger partial charge in [-0.15, -0.1) is 0 Å². The lowest BCUT2D eigenvalue weighted by atomic mass is 9.39. The minimum Gasteiger partial charge on any atom is -0.501 e. The summed E-state index contributed by atoms with van der Waals surface area (Å²) >= 11 is 0. The highest BCUT2D eigenvalue weighted by Gasteiger charge is 2.64. The van der Waals surface area contributed by atoms with Crippen molar-refractivity contribution in [2.75, 3.05) is 7.11 Å². The molecule has 0 amide bonds. The summed E-state index contributed by atoms with van der Waals surface area (Å²) in [5.74, 6) is 2.04. The Morgan fingerprint density at radius 3 is 2.46 bits per heavy atom. The van der Waals surface area contributed by atoms with Gasteiger partial charge in [-0.3, -0.25) is 9.59 Å². The van der Waals surface area contributed by atoms with Gasteiger partial charge in [-0.05, 0) is 97.5 Å². The highest BCUT2D eigenvalue weighted by Crippen LogP contribution is 2.70. The number of rotatable bonds is 5. The van der Waals surface area contributed by atoms with Crippen LogP contribution in [0.3, 0.4) is 0 Å². The summed E-state index contributed by atoms with van der Waals surface area (Å²) in [6.45, 7) is 13.6. The Kier molecular flexibility index (Phi) is 7.09. The molecule has 0 saturated heterocycles. The predicted molar refractivity (Wildman–Crippen MR) is 154 cm³/mol. The van der Waals surface area contributed by atoms with Crippen molar-refractivity contribution in [1.29, 1.82) is 5.26 Å². The number of allylic oxidation sites excluding steroid dienone is 6. The van der Waals surface area contributed by atoms with Crippen molar-refractivity contribution >= 4 is 11.6 Å². The number of nitrogens with zero attached hydrogens (tertiary/aromatic N) is 1. The summed E-state index contributed by atoms with van der Waals surface area (Å²) in [4.78, 5) is 27.3. The molecule has 0 radical (unpaired) electrons. The molecule has 0 bridgehead atoms. The Labute approximate surface area is 236 Å². The number of unbranched alkanes of at least 4 members (excludes halogenated alkanes) is 1. The van der Waals surface area contributed by atoms with Gasteiger partial charge < -0.3 is 4.74 Å². The summed E-state index contributed by atoms with van der Waals surface area (Å²) in [7, 11) is 1.81. The fourth-order valence-corrected chi connectivity index (χ4v) is 10.2. The molecule has 0 spiro atoms. The molecule has 4 heteroatoms. The number of methoxy groups -OCH3 is 1. The van der Waals surface area contributed by atoms with E-state index in [2.05, 4.69) is 46.8 Å². The van der Waals surface area contributed by atoms with Gasteiger partial charge in [0.2, 0.25) is 0 Å². The maximum atomic E-state index is 14.4. The van der Waals surface area contributed by atoms with Crippen LogP contribution >= 0.6 is 0 Å². The van der Waals surface area contributed by atoms with Crippen LogP contribution in [0, 0.1) is 62.6 Å². The van der Waals surface area contributed by atoms with E-state index in [1.807, 2.05) is 26.2 Å². The predicted octanol–water partition coefficient (Wildman–Crippen LogP) is 8.15. The van der Waals surface area contributed by atoms with Crippen LogP contribution in [0.1, 0.15) is 106 Å². The molecule has 4 nitrogen and oxygen atoms in total. The van der Waals surface area contributed by atoms with Gasteiger partial charge in [-0.2, -0.15) is 5.26 Å². The Hall–Kier alpha value is -2.15. The van der Waals surface area contributed by atoms with Gasteiger partial charge in [0.15, 0.2) is 11.6 Å². The molecule has 8 unspecified atom stereocenters. The molecule has 0 N–H and O–H groups in total. The van der Waals surface area contributed by atoms with Crippen molar-refractivity contribution in [3.63, 3.8) is 0 Å². The van der Waals surface area contributed by atoms with Gasteiger partial charge in [0.1, 0.15) is 6.07 Å². The smallest absolute Gasteiger partial charge is 0.176 e. The van der Waals surface area contributed by atoms with E-state index in [0.717, 1.165) is 63.5 Å². The van der Waals surface area contributed by atoms with Crippen LogP contribution in [-0.2, 0) is 14.3 Å². The van der Waals surface area contributed by atoms with Gasteiger partial charge >= 0.3 is 0 Å². The van der Waals surface area contributed by atoms with E-state index < -0.39 is 5.41 Å². The molecule has 8 atom stereocenters. The highest BCUT2D eigenvalue weighted by molar-refractivity contribution is 6.02. The maximum Gasteiger partial charge on any atom is 0.176 e. The number of carbonyl (C=O) groups is 2.